The van der Waals surface area contributed by atoms with Gasteiger partial charge in [-0.3, -0.25) is 9.78 Å². The quantitative estimate of drug-likeness (QED) is 0.830. The lowest BCUT2D eigenvalue weighted by Crippen LogP contribution is -2.34. The molecular weight excluding hydrogens is 260 g/mol. The van der Waals surface area contributed by atoms with E-state index in [9.17, 15) is 4.79 Å². The molecule has 0 saturated heterocycles. The lowest BCUT2D eigenvalue weighted by Gasteiger charge is -2.27. The van der Waals surface area contributed by atoms with E-state index in [1.54, 1.807) is 6.20 Å². The number of aromatic nitrogens is 1. The number of hydrogen-bond acceptors (Lipinski definition) is 2. The van der Waals surface area contributed by atoms with Crippen LogP contribution in [0.2, 0.25) is 0 Å². The molecule has 21 heavy (non-hydrogen) atoms. The molecule has 1 fully saturated rings. The molecule has 1 aliphatic rings. The topological polar surface area (TPSA) is 42.0 Å². The van der Waals surface area contributed by atoms with Crippen molar-refractivity contribution in [3.8, 4) is 0 Å². The Hall–Kier alpha value is -1.38. The largest absolute Gasteiger partial charge is 0.355 e. The van der Waals surface area contributed by atoms with Crippen molar-refractivity contribution < 1.29 is 4.79 Å². The highest BCUT2D eigenvalue weighted by Crippen LogP contribution is 2.31. The second kappa shape index (κ2) is 8.81. The number of carbonyl (C=O) groups is 1. The molecule has 1 heterocycles. The van der Waals surface area contributed by atoms with Crippen LogP contribution < -0.4 is 5.32 Å². The summed E-state index contributed by atoms with van der Waals surface area (Å²) >= 11 is 0. The maximum Gasteiger partial charge on any atom is 0.223 e. The molecule has 1 saturated carbocycles. The van der Waals surface area contributed by atoms with Gasteiger partial charge in [0.05, 0.1) is 0 Å². The summed E-state index contributed by atoms with van der Waals surface area (Å²) in [6.45, 7) is 2.95. The molecule has 0 bridgehead atoms. The van der Waals surface area contributed by atoms with Gasteiger partial charge in [-0.25, -0.2) is 0 Å². The van der Waals surface area contributed by atoms with Gasteiger partial charge in [0, 0.05) is 30.8 Å². The minimum atomic E-state index is 0.242. The molecule has 1 N–H and O–H groups in total. The van der Waals surface area contributed by atoms with Crippen LogP contribution in [-0.4, -0.2) is 17.4 Å². The molecule has 1 amide bonds. The molecule has 0 unspecified atom stereocenters. The first-order valence-corrected chi connectivity index (χ1v) is 8.47. The van der Waals surface area contributed by atoms with Gasteiger partial charge in [0.25, 0.3) is 0 Å². The van der Waals surface area contributed by atoms with E-state index >= 15 is 0 Å². The molecule has 1 aliphatic carbocycles. The van der Waals surface area contributed by atoms with Crippen molar-refractivity contribution >= 4 is 5.91 Å². The first-order valence-electron chi connectivity index (χ1n) is 8.47. The van der Waals surface area contributed by atoms with Crippen LogP contribution in [-0.2, 0) is 11.2 Å². The lowest BCUT2D eigenvalue weighted by molar-refractivity contribution is -0.126. The van der Waals surface area contributed by atoms with Gasteiger partial charge in [0.15, 0.2) is 0 Å². The zero-order valence-corrected chi connectivity index (χ0v) is 13.2. The summed E-state index contributed by atoms with van der Waals surface area (Å²) in [5, 5.41) is 3.08. The molecule has 0 radical (unpaired) electrons. The minimum absolute atomic E-state index is 0.242. The van der Waals surface area contributed by atoms with Crippen LogP contribution in [0.25, 0.3) is 0 Å². The summed E-state index contributed by atoms with van der Waals surface area (Å²) in [4.78, 5) is 16.5. The fourth-order valence-corrected chi connectivity index (χ4v) is 3.21. The van der Waals surface area contributed by atoms with Crippen LogP contribution in [0.4, 0.5) is 0 Å². The highest BCUT2D eigenvalue weighted by molar-refractivity contribution is 5.78. The molecule has 0 atom stereocenters. The maximum atomic E-state index is 12.2. The monoisotopic (exact) mass is 288 g/mol. The fourth-order valence-electron chi connectivity index (χ4n) is 3.21. The molecule has 1 aromatic rings. The Kier molecular flexibility index (Phi) is 6.71. The van der Waals surface area contributed by atoms with E-state index in [0.717, 1.165) is 30.9 Å². The zero-order valence-electron chi connectivity index (χ0n) is 13.2. The Morgan fingerprint density at radius 1 is 1.29 bits per heavy atom. The van der Waals surface area contributed by atoms with Crippen molar-refractivity contribution in [2.24, 2.45) is 11.8 Å². The summed E-state index contributed by atoms with van der Waals surface area (Å²) in [5.41, 5.74) is 1.04. The normalized spacial score (nSPS) is 22.0. The number of amides is 1. The van der Waals surface area contributed by atoms with Crippen LogP contribution >= 0.6 is 0 Å². The molecule has 2 rings (SSSR count). The van der Waals surface area contributed by atoms with E-state index in [4.69, 9.17) is 0 Å². The van der Waals surface area contributed by atoms with E-state index in [1.165, 1.54) is 32.1 Å². The van der Waals surface area contributed by atoms with Gasteiger partial charge >= 0.3 is 0 Å². The smallest absolute Gasteiger partial charge is 0.223 e. The van der Waals surface area contributed by atoms with E-state index in [0.29, 0.717) is 6.54 Å². The van der Waals surface area contributed by atoms with Crippen LogP contribution in [0.15, 0.2) is 24.4 Å². The second-order valence-corrected chi connectivity index (χ2v) is 6.22. The SMILES string of the molecule is CCCCC1CCC(C(=O)NCCc2ccccn2)CC1. The van der Waals surface area contributed by atoms with Crippen molar-refractivity contribution in [2.45, 2.75) is 58.3 Å². The third-order valence-corrected chi connectivity index (χ3v) is 4.59. The zero-order chi connectivity index (χ0) is 14.9. The standard InChI is InChI=1S/C18H28N2O/c1-2-3-6-15-8-10-16(11-9-15)18(21)20-14-12-17-7-4-5-13-19-17/h4-5,7,13,15-16H,2-3,6,8-12,14H2,1H3,(H,20,21). The van der Waals surface area contributed by atoms with Gasteiger partial charge in [0.2, 0.25) is 5.91 Å². The third-order valence-electron chi connectivity index (χ3n) is 4.59. The molecule has 0 spiro atoms. The van der Waals surface area contributed by atoms with Crippen molar-refractivity contribution in [1.82, 2.24) is 10.3 Å². The van der Waals surface area contributed by atoms with Crippen molar-refractivity contribution in [3.63, 3.8) is 0 Å². The van der Waals surface area contributed by atoms with Crippen LogP contribution in [0.5, 0.6) is 0 Å². The van der Waals surface area contributed by atoms with Crippen LogP contribution in [0, 0.1) is 11.8 Å². The first kappa shape index (κ1) is 16.0. The summed E-state index contributed by atoms with van der Waals surface area (Å²) in [6.07, 6.45) is 11.2. The van der Waals surface area contributed by atoms with Crippen LogP contribution in [0.3, 0.4) is 0 Å². The number of nitrogens with one attached hydrogen (secondary N) is 1. The predicted molar refractivity (Wildman–Crippen MR) is 85.9 cm³/mol. The average Bonchev–Trinajstić information content (AvgIpc) is 2.54. The number of rotatable bonds is 7. The van der Waals surface area contributed by atoms with E-state index < -0.39 is 0 Å². The second-order valence-electron chi connectivity index (χ2n) is 6.22. The van der Waals surface area contributed by atoms with Crippen molar-refractivity contribution in [2.75, 3.05) is 6.54 Å². The lowest BCUT2D eigenvalue weighted by atomic mass is 9.79. The van der Waals surface area contributed by atoms with Crippen molar-refractivity contribution in [3.05, 3.63) is 30.1 Å². The van der Waals surface area contributed by atoms with Crippen molar-refractivity contribution in [1.29, 1.82) is 0 Å². The average molecular weight is 288 g/mol. The Bertz CT molecular complexity index is 410. The Labute approximate surface area is 128 Å². The van der Waals surface area contributed by atoms with Gasteiger partial charge < -0.3 is 5.32 Å². The molecule has 3 nitrogen and oxygen atoms in total. The minimum Gasteiger partial charge on any atom is -0.355 e. The molecule has 0 aliphatic heterocycles. The summed E-state index contributed by atoms with van der Waals surface area (Å²) in [5.74, 6) is 1.36. The van der Waals surface area contributed by atoms with E-state index in [-0.39, 0.29) is 11.8 Å². The number of nitrogens with zero attached hydrogens (tertiary/aromatic N) is 1. The fraction of sp³-hybridized carbons (Fsp3) is 0.667. The number of unbranched alkanes of at least 4 members (excludes halogenated alkanes) is 1. The van der Waals surface area contributed by atoms with Gasteiger partial charge in [-0.2, -0.15) is 0 Å². The summed E-state index contributed by atoms with van der Waals surface area (Å²) in [7, 11) is 0. The predicted octanol–water partition coefficient (Wildman–Crippen LogP) is 3.74. The molecule has 0 aromatic carbocycles. The third kappa shape index (κ3) is 5.49. The van der Waals surface area contributed by atoms with E-state index in [1.807, 2.05) is 18.2 Å². The Balaban J connectivity index is 1.63. The van der Waals surface area contributed by atoms with Gasteiger partial charge in [-0.15, -0.1) is 0 Å². The Morgan fingerprint density at radius 3 is 2.76 bits per heavy atom. The number of pyridine rings is 1. The van der Waals surface area contributed by atoms with Crippen LogP contribution in [0.1, 0.15) is 57.6 Å². The van der Waals surface area contributed by atoms with Gasteiger partial charge in [-0.05, 0) is 43.7 Å². The molecule has 116 valence electrons. The number of carbonyl (C=O) groups excluding carboxylic acids is 1. The number of hydrogen-bond donors (Lipinski definition) is 1. The van der Waals surface area contributed by atoms with Gasteiger partial charge in [-0.1, -0.05) is 32.3 Å². The molecule has 1 aromatic heterocycles. The summed E-state index contributed by atoms with van der Waals surface area (Å²) in [6, 6.07) is 5.91. The van der Waals surface area contributed by atoms with Gasteiger partial charge in [0.1, 0.15) is 0 Å². The summed E-state index contributed by atoms with van der Waals surface area (Å²) < 4.78 is 0. The van der Waals surface area contributed by atoms with E-state index in [2.05, 4.69) is 17.2 Å². The Morgan fingerprint density at radius 2 is 2.10 bits per heavy atom. The highest BCUT2D eigenvalue weighted by Gasteiger charge is 2.25. The first-order chi connectivity index (χ1) is 10.3. The highest BCUT2D eigenvalue weighted by atomic mass is 16.1. The molecule has 3 heteroatoms. The molecular formula is C18H28N2O. The maximum absolute atomic E-state index is 12.2.